The van der Waals surface area contributed by atoms with E-state index < -0.39 is 13.9 Å². The smallest absolute Gasteiger partial charge is 0.223 e. The van der Waals surface area contributed by atoms with Crippen LogP contribution in [0.4, 0.5) is 0 Å². The monoisotopic (exact) mass is 395 g/mol. The van der Waals surface area contributed by atoms with Crippen molar-refractivity contribution in [3.63, 3.8) is 0 Å². The predicted octanol–water partition coefficient (Wildman–Crippen LogP) is 2.34. The van der Waals surface area contributed by atoms with E-state index >= 15 is 0 Å². The minimum atomic E-state index is -4.86. The number of ketones is 1. The zero-order valence-corrected chi connectivity index (χ0v) is 15.6. The zero-order valence-electron chi connectivity index (χ0n) is 13.1. The quantitative estimate of drug-likeness (QED) is 0.406. The Kier molecular flexibility index (Phi) is 4.81. The molecular formula is C16H13ClN2O4PS-. The first-order valence-electron chi connectivity index (χ1n) is 7.15. The van der Waals surface area contributed by atoms with Crippen molar-refractivity contribution in [3.8, 4) is 0 Å². The second-order valence-corrected chi connectivity index (χ2v) is 8.35. The van der Waals surface area contributed by atoms with E-state index in [0.29, 0.717) is 21.2 Å². The molecule has 0 aliphatic heterocycles. The lowest BCUT2D eigenvalue weighted by atomic mass is 10.1. The molecule has 0 bridgehead atoms. The van der Waals surface area contributed by atoms with Crippen molar-refractivity contribution >= 4 is 47.7 Å². The molecule has 0 aliphatic rings. The number of aromatic nitrogens is 2. The molecule has 6 nitrogen and oxygen atoms in total. The molecule has 0 spiro atoms. The summed E-state index contributed by atoms with van der Waals surface area (Å²) in [7, 11) is -4.86. The number of fused-ring (bicyclic) bond motifs is 1. The molecule has 2 heterocycles. The summed E-state index contributed by atoms with van der Waals surface area (Å²) in [5, 5.41) is 2.67. The van der Waals surface area contributed by atoms with Gasteiger partial charge in [-0.25, -0.2) is 14.2 Å². The number of halogens is 1. The molecule has 0 saturated carbocycles. The van der Waals surface area contributed by atoms with E-state index in [-0.39, 0.29) is 16.1 Å². The molecule has 0 aliphatic carbocycles. The minimum absolute atomic E-state index is 0.110. The van der Waals surface area contributed by atoms with Gasteiger partial charge in [0.15, 0.2) is 13.1 Å². The van der Waals surface area contributed by atoms with Gasteiger partial charge in [-0.3, -0.25) is 4.79 Å². The van der Waals surface area contributed by atoms with Gasteiger partial charge in [0.05, 0.1) is 23.0 Å². The van der Waals surface area contributed by atoms with Crippen molar-refractivity contribution in [1.82, 2.24) is 9.32 Å². The van der Waals surface area contributed by atoms with Crippen LogP contribution < -0.4 is 9.79 Å². The molecule has 130 valence electrons. The van der Waals surface area contributed by atoms with Crippen LogP contribution in [-0.2, 0) is 6.42 Å². The largest absolute Gasteiger partial charge is 0.640 e. The molecule has 1 aromatic carbocycles. The number of allylic oxidation sites excluding steroid dienone is 1. The Balaban J connectivity index is 2.11. The molecule has 0 radical (unpaired) electrons. The van der Waals surface area contributed by atoms with E-state index in [1.807, 2.05) is 6.92 Å². The first-order valence-corrected chi connectivity index (χ1v) is 9.94. The highest BCUT2D eigenvalue weighted by atomic mass is 35.5. The normalized spacial score (nSPS) is 11.9. The van der Waals surface area contributed by atoms with E-state index in [1.54, 1.807) is 5.38 Å². The summed E-state index contributed by atoms with van der Waals surface area (Å²) in [5.74, 6) is -0.433. The van der Waals surface area contributed by atoms with E-state index in [4.69, 9.17) is 11.6 Å². The number of rotatable bonds is 5. The number of carbonyl (C=O) groups is 1. The van der Waals surface area contributed by atoms with E-state index in [2.05, 4.69) is 11.6 Å². The van der Waals surface area contributed by atoms with Crippen LogP contribution in [0, 0.1) is 0 Å². The summed E-state index contributed by atoms with van der Waals surface area (Å²) < 4.78 is 0.675. The number of nitrogens with zero attached hydrogens (tertiary/aromatic N) is 2. The molecule has 9 heteroatoms. The topological polar surface area (TPSA) is 101 Å². The molecule has 25 heavy (non-hydrogen) atoms. The van der Waals surface area contributed by atoms with Gasteiger partial charge < -0.3 is 9.79 Å². The maximum atomic E-state index is 12.8. The maximum Gasteiger partial charge on any atom is 0.223 e. The first kappa shape index (κ1) is 18.2. The molecule has 2 aromatic heterocycles. The van der Waals surface area contributed by atoms with Gasteiger partial charge in [0.25, 0.3) is 0 Å². The van der Waals surface area contributed by atoms with Crippen molar-refractivity contribution in [2.24, 2.45) is 0 Å². The minimum Gasteiger partial charge on any atom is -0.640 e. The molecule has 3 aromatic rings. The van der Waals surface area contributed by atoms with Crippen LogP contribution >= 0.6 is 31.0 Å². The summed E-state index contributed by atoms with van der Waals surface area (Å²) in [6.07, 6.45) is 1.65. The summed E-state index contributed by atoms with van der Waals surface area (Å²) in [4.78, 5) is 49.7. The van der Waals surface area contributed by atoms with Gasteiger partial charge >= 0.3 is 0 Å². The molecule has 0 atom stereocenters. The van der Waals surface area contributed by atoms with Crippen LogP contribution in [0.2, 0.25) is 5.02 Å². The number of carbonyl (C=O) groups excluding carboxylic acids is 1. The van der Waals surface area contributed by atoms with E-state index in [1.165, 1.54) is 29.5 Å². The molecule has 3 rings (SSSR count). The molecule has 0 unspecified atom stereocenters. The highest BCUT2D eigenvalue weighted by Crippen LogP contribution is 2.42. The summed E-state index contributed by atoms with van der Waals surface area (Å²) in [5.41, 5.74) is 1.92. The number of hydrogen-bond donors (Lipinski definition) is 1. The van der Waals surface area contributed by atoms with Gasteiger partial charge in [-0.15, -0.1) is 11.3 Å². The lowest BCUT2D eigenvalue weighted by Crippen LogP contribution is -2.27. The van der Waals surface area contributed by atoms with Gasteiger partial charge in [0.2, 0.25) is 5.78 Å². The van der Waals surface area contributed by atoms with Crippen molar-refractivity contribution in [3.05, 3.63) is 63.2 Å². The lowest BCUT2D eigenvalue weighted by molar-refractivity contribution is -0.335. The van der Waals surface area contributed by atoms with E-state index in [9.17, 15) is 19.5 Å². The predicted molar refractivity (Wildman–Crippen MR) is 95.5 cm³/mol. The fourth-order valence-electron chi connectivity index (χ4n) is 2.49. The van der Waals surface area contributed by atoms with Gasteiger partial charge in [-0.2, -0.15) is 0 Å². The molecule has 0 amide bonds. The lowest BCUT2D eigenvalue weighted by Gasteiger charge is -2.28. The standard InChI is InChI=1S/C16H14ClN2O4PS/c1-9(2)5-11-8-25-16(18-11)15(20)13-7-19(24(21,22)23)14-4-3-10(17)6-12(13)14/h3-4,6-8H,1,5H2,2H3,(H2,21,22,23)/p-1. The highest BCUT2D eigenvalue weighted by Gasteiger charge is 2.24. The van der Waals surface area contributed by atoms with E-state index in [0.717, 1.165) is 17.5 Å². The second-order valence-electron chi connectivity index (χ2n) is 5.65. The average Bonchev–Trinajstić information content (AvgIpc) is 3.09. The number of benzene rings is 1. The zero-order chi connectivity index (χ0) is 18.4. The van der Waals surface area contributed by atoms with Crippen LogP contribution in [-0.4, -0.2) is 20.0 Å². The van der Waals surface area contributed by atoms with Gasteiger partial charge in [-0.1, -0.05) is 23.8 Å². The highest BCUT2D eigenvalue weighted by molar-refractivity contribution is 7.54. The van der Waals surface area contributed by atoms with Crippen molar-refractivity contribution < 1.29 is 19.5 Å². The average molecular weight is 396 g/mol. The van der Waals surface area contributed by atoms with Crippen LogP contribution in [0.15, 0.2) is 41.9 Å². The Hall–Kier alpha value is -1.60. The molecular weight excluding hydrogens is 383 g/mol. The third-order valence-corrected chi connectivity index (χ3v) is 5.49. The summed E-state index contributed by atoms with van der Waals surface area (Å²) >= 11 is 7.14. The summed E-state index contributed by atoms with van der Waals surface area (Å²) in [6, 6.07) is 4.40. The Labute approximate surface area is 153 Å². The van der Waals surface area contributed by atoms with Gasteiger partial charge in [-0.05, 0) is 25.1 Å². The van der Waals surface area contributed by atoms with Crippen LogP contribution in [0.5, 0.6) is 0 Å². The Morgan fingerprint density at radius 3 is 2.84 bits per heavy atom. The Bertz CT molecular complexity index is 990. The fourth-order valence-corrected chi connectivity index (χ4v) is 4.14. The first-order chi connectivity index (χ1) is 11.7. The Morgan fingerprint density at radius 1 is 1.48 bits per heavy atom. The maximum absolute atomic E-state index is 12.8. The van der Waals surface area contributed by atoms with Crippen LogP contribution in [0.3, 0.4) is 0 Å². The summed E-state index contributed by atoms with van der Waals surface area (Å²) in [6.45, 7) is 5.68. The fraction of sp³-hybridized carbons (Fsp3) is 0.125. The molecule has 0 saturated heterocycles. The SMILES string of the molecule is C=C(C)Cc1csc(C(=O)c2cn([P+]([O-])([O-])O)c3ccc(Cl)cc23)n1. The van der Waals surface area contributed by atoms with Crippen molar-refractivity contribution in [2.75, 3.05) is 0 Å². The van der Waals surface area contributed by atoms with Gasteiger partial charge in [0, 0.05) is 22.2 Å². The Morgan fingerprint density at radius 2 is 2.20 bits per heavy atom. The number of thiazole rings is 1. The molecule has 1 N–H and O–H groups in total. The third-order valence-electron chi connectivity index (χ3n) is 3.49. The van der Waals surface area contributed by atoms with Crippen LogP contribution in [0.1, 0.15) is 28.0 Å². The van der Waals surface area contributed by atoms with Crippen LogP contribution in [0.25, 0.3) is 10.9 Å². The van der Waals surface area contributed by atoms with Crippen molar-refractivity contribution in [2.45, 2.75) is 13.3 Å². The third kappa shape index (κ3) is 3.67. The second kappa shape index (κ2) is 6.61. The number of hydrogen-bond acceptors (Lipinski definition) is 6. The van der Waals surface area contributed by atoms with Crippen molar-refractivity contribution in [1.29, 1.82) is 0 Å². The molecule has 0 fully saturated rings. The van der Waals surface area contributed by atoms with Gasteiger partial charge in [0.1, 0.15) is 0 Å².